The molecule has 1 atom stereocenters. The van der Waals surface area contributed by atoms with E-state index in [9.17, 15) is 13.2 Å². The lowest BCUT2D eigenvalue weighted by atomic mass is 10.0. The zero-order valence-electron chi connectivity index (χ0n) is 14.9. The van der Waals surface area contributed by atoms with Crippen LogP contribution in [-0.2, 0) is 11.3 Å². The van der Waals surface area contributed by atoms with Crippen molar-refractivity contribution in [1.82, 2.24) is 0 Å². The van der Waals surface area contributed by atoms with Crippen molar-refractivity contribution in [3.8, 4) is 16.9 Å². The SMILES string of the molecule is C=Cc1ccc(OCc2ccc(-c3ccc(C4CO4)c(F)c3F)cc2)cc1F. The molecule has 0 radical (unpaired) electrons. The summed E-state index contributed by atoms with van der Waals surface area (Å²) in [7, 11) is 0. The topological polar surface area (TPSA) is 21.8 Å². The zero-order valence-corrected chi connectivity index (χ0v) is 14.9. The van der Waals surface area contributed by atoms with E-state index >= 15 is 0 Å². The first-order chi connectivity index (χ1) is 13.6. The summed E-state index contributed by atoms with van der Waals surface area (Å²) in [6.07, 6.45) is 1.10. The highest BCUT2D eigenvalue weighted by Crippen LogP contribution is 2.35. The van der Waals surface area contributed by atoms with Gasteiger partial charge in [-0.05, 0) is 23.3 Å². The Bertz CT molecular complexity index is 1020. The Labute approximate surface area is 160 Å². The van der Waals surface area contributed by atoms with Crippen LogP contribution in [0.3, 0.4) is 0 Å². The van der Waals surface area contributed by atoms with Gasteiger partial charge in [-0.15, -0.1) is 0 Å². The second-order valence-corrected chi connectivity index (χ2v) is 6.53. The van der Waals surface area contributed by atoms with Crippen LogP contribution in [0.25, 0.3) is 17.2 Å². The van der Waals surface area contributed by atoms with E-state index in [1.54, 1.807) is 48.5 Å². The van der Waals surface area contributed by atoms with Crippen LogP contribution < -0.4 is 4.74 Å². The third-order valence-corrected chi connectivity index (χ3v) is 4.65. The van der Waals surface area contributed by atoms with Gasteiger partial charge in [-0.3, -0.25) is 0 Å². The van der Waals surface area contributed by atoms with Crippen molar-refractivity contribution in [2.45, 2.75) is 12.7 Å². The molecule has 0 aromatic heterocycles. The number of halogens is 3. The third kappa shape index (κ3) is 3.66. The van der Waals surface area contributed by atoms with Crippen LogP contribution in [0, 0.1) is 17.5 Å². The van der Waals surface area contributed by atoms with Gasteiger partial charge < -0.3 is 9.47 Å². The molecule has 1 saturated heterocycles. The van der Waals surface area contributed by atoms with Gasteiger partial charge in [0.15, 0.2) is 11.6 Å². The van der Waals surface area contributed by atoms with Crippen molar-refractivity contribution in [1.29, 1.82) is 0 Å². The van der Waals surface area contributed by atoms with Crippen LogP contribution in [0.4, 0.5) is 13.2 Å². The molecule has 1 aliphatic heterocycles. The molecular formula is C23H17F3O2. The number of rotatable bonds is 6. The molecule has 1 heterocycles. The van der Waals surface area contributed by atoms with Crippen LogP contribution in [0.15, 0.2) is 61.2 Å². The molecule has 4 rings (SSSR count). The molecule has 0 N–H and O–H groups in total. The van der Waals surface area contributed by atoms with E-state index in [2.05, 4.69) is 6.58 Å². The number of hydrogen-bond donors (Lipinski definition) is 0. The van der Waals surface area contributed by atoms with Crippen molar-refractivity contribution in [2.24, 2.45) is 0 Å². The van der Waals surface area contributed by atoms with Gasteiger partial charge in [-0.2, -0.15) is 0 Å². The lowest BCUT2D eigenvalue weighted by Crippen LogP contribution is -1.98. The first kappa shape index (κ1) is 18.3. The van der Waals surface area contributed by atoms with Gasteiger partial charge in [-0.1, -0.05) is 49.1 Å². The summed E-state index contributed by atoms with van der Waals surface area (Å²) in [5.41, 5.74) is 2.23. The van der Waals surface area contributed by atoms with Gasteiger partial charge in [-0.25, -0.2) is 13.2 Å². The summed E-state index contributed by atoms with van der Waals surface area (Å²) in [5, 5.41) is 0. The maximum atomic E-state index is 14.4. The molecule has 1 aliphatic rings. The molecule has 1 fully saturated rings. The van der Waals surface area contributed by atoms with Crippen LogP contribution in [-0.4, -0.2) is 6.61 Å². The maximum Gasteiger partial charge on any atom is 0.167 e. The quantitative estimate of drug-likeness (QED) is 0.483. The molecule has 142 valence electrons. The minimum atomic E-state index is -0.880. The lowest BCUT2D eigenvalue weighted by Gasteiger charge is -2.10. The highest BCUT2D eigenvalue weighted by atomic mass is 19.2. The standard InChI is InChI=1S/C23H17F3O2/c1-2-15-7-8-17(11-20(15)24)27-12-14-3-5-16(6-4-14)18-9-10-19(21-13-28-21)23(26)22(18)25/h2-11,21H,1,12-13H2. The molecule has 0 saturated carbocycles. The van der Waals surface area contributed by atoms with Crippen LogP contribution in [0.5, 0.6) is 5.75 Å². The zero-order chi connectivity index (χ0) is 19.7. The summed E-state index contributed by atoms with van der Waals surface area (Å²) in [6, 6.07) is 14.6. The fourth-order valence-electron chi connectivity index (χ4n) is 2.97. The average molecular weight is 382 g/mol. The fraction of sp³-hybridized carbons (Fsp3) is 0.130. The van der Waals surface area contributed by atoms with Crippen LogP contribution >= 0.6 is 0 Å². The van der Waals surface area contributed by atoms with Gasteiger partial charge in [0, 0.05) is 22.8 Å². The van der Waals surface area contributed by atoms with Crippen LogP contribution in [0.2, 0.25) is 0 Å². The van der Waals surface area contributed by atoms with Gasteiger partial charge in [0.1, 0.15) is 24.3 Å². The maximum absolute atomic E-state index is 14.4. The van der Waals surface area contributed by atoms with E-state index in [0.717, 1.165) is 5.56 Å². The Morgan fingerprint density at radius 2 is 1.75 bits per heavy atom. The van der Waals surface area contributed by atoms with E-state index in [0.29, 0.717) is 23.5 Å². The van der Waals surface area contributed by atoms with E-state index < -0.39 is 17.5 Å². The molecule has 2 nitrogen and oxygen atoms in total. The molecule has 28 heavy (non-hydrogen) atoms. The largest absolute Gasteiger partial charge is 0.489 e. The number of benzene rings is 3. The molecule has 3 aromatic carbocycles. The van der Waals surface area contributed by atoms with Gasteiger partial charge in [0.2, 0.25) is 0 Å². The van der Waals surface area contributed by atoms with E-state index in [1.807, 2.05) is 0 Å². The molecule has 0 aliphatic carbocycles. The predicted molar refractivity (Wildman–Crippen MR) is 101 cm³/mol. The Morgan fingerprint density at radius 3 is 2.39 bits per heavy atom. The van der Waals surface area contributed by atoms with Crippen molar-refractivity contribution in [3.63, 3.8) is 0 Å². The average Bonchev–Trinajstić information content (AvgIpc) is 3.54. The molecule has 0 bridgehead atoms. The summed E-state index contributed by atoms with van der Waals surface area (Å²) in [6.45, 7) is 4.18. The van der Waals surface area contributed by atoms with E-state index in [1.165, 1.54) is 12.1 Å². The molecule has 5 heteroatoms. The summed E-state index contributed by atoms with van der Waals surface area (Å²) in [5.74, 6) is -1.74. The monoisotopic (exact) mass is 382 g/mol. The summed E-state index contributed by atoms with van der Waals surface area (Å²) < 4.78 is 53.0. The van der Waals surface area contributed by atoms with E-state index in [4.69, 9.17) is 9.47 Å². The second-order valence-electron chi connectivity index (χ2n) is 6.53. The molecule has 1 unspecified atom stereocenters. The highest BCUT2D eigenvalue weighted by molar-refractivity contribution is 5.65. The Morgan fingerprint density at radius 1 is 1.00 bits per heavy atom. The number of epoxide rings is 1. The molecule has 0 amide bonds. The van der Waals surface area contributed by atoms with E-state index in [-0.39, 0.29) is 23.8 Å². The van der Waals surface area contributed by atoms with Gasteiger partial charge >= 0.3 is 0 Å². The van der Waals surface area contributed by atoms with Crippen molar-refractivity contribution >= 4 is 6.08 Å². The minimum Gasteiger partial charge on any atom is -0.489 e. The third-order valence-electron chi connectivity index (χ3n) is 4.65. The van der Waals surface area contributed by atoms with Gasteiger partial charge in [0.25, 0.3) is 0 Å². The highest BCUT2D eigenvalue weighted by Gasteiger charge is 2.30. The summed E-state index contributed by atoms with van der Waals surface area (Å²) >= 11 is 0. The minimum absolute atomic E-state index is 0.191. The number of hydrogen-bond acceptors (Lipinski definition) is 2. The van der Waals surface area contributed by atoms with Crippen LogP contribution in [0.1, 0.15) is 22.8 Å². The predicted octanol–water partition coefficient (Wildman–Crippen LogP) is 6.06. The van der Waals surface area contributed by atoms with Crippen molar-refractivity contribution < 1.29 is 22.6 Å². The van der Waals surface area contributed by atoms with Gasteiger partial charge in [0.05, 0.1) is 6.61 Å². The smallest absolute Gasteiger partial charge is 0.167 e. The summed E-state index contributed by atoms with van der Waals surface area (Å²) in [4.78, 5) is 0. The normalized spacial score (nSPS) is 15.3. The molecular weight excluding hydrogens is 365 g/mol. The van der Waals surface area contributed by atoms with Crippen molar-refractivity contribution in [2.75, 3.05) is 6.61 Å². The second kappa shape index (κ2) is 7.52. The molecule has 0 spiro atoms. The Hall–Kier alpha value is -3.05. The van der Waals surface area contributed by atoms with Crippen molar-refractivity contribution in [3.05, 3.63) is 95.3 Å². The number of ether oxygens (including phenoxy) is 2. The Balaban J connectivity index is 1.47. The molecule has 3 aromatic rings. The first-order valence-corrected chi connectivity index (χ1v) is 8.80. The lowest BCUT2D eigenvalue weighted by molar-refractivity contribution is 0.304. The Kier molecular flexibility index (Phi) is 4.92. The fourth-order valence-corrected chi connectivity index (χ4v) is 2.97. The first-order valence-electron chi connectivity index (χ1n) is 8.80.